The van der Waals surface area contributed by atoms with Gasteiger partial charge in [0.15, 0.2) is 0 Å². The average Bonchev–Trinajstić information content (AvgIpc) is 2.20. The van der Waals surface area contributed by atoms with Crippen LogP contribution in [0.2, 0.25) is 5.02 Å². The van der Waals surface area contributed by atoms with E-state index in [1.165, 1.54) is 0 Å². The second kappa shape index (κ2) is 5.95. The molecule has 0 saturated heterocycles. The van der Waals surface area contributed by atoms with Crippen LogP contribution in [-0.4, -0.2) is 19.8 Å². The van der Waals surface area contributed by atoms with Crippen LogP contribution < -0.4 is 5.73 Å². The van der Waals surface area contributed by atoms with Crippen LogP contribution in [0.3, 0.4) is 0 Å². The van der Waals surface area contributed by atoms with Crippen molar-refractivity contribution in [1.29, 1.82) is 0 Å². The Labute approximate surface area is 95.1 Å². The van der Waals surface area contributed by atoms with Crippen LogP contribution in [0.5, 0.6) is 0 Å². The normalized spacial score (nSPS) is 12.7. The summed E-state index contributed by atoms with van der Waals surface area (Å²) in [6.07, 6.45) is 0.0494. The summed E-state index contributed by atoms with van der Waals surface area (Å²) in [5, 5.41) is 0.669. The van der Waals surface area contributed by atoms with Gasteiger partial charge in [0.25, 0.3) is 0 Å². The zero-order valence-corrected chi connectivity index (χ0v) is 9.75. The molecule has 0 aliphatic rings. The number of halogens is 1. The Morgan fingerprint density at radius 1 is 1.47 bits per heavy atom. The summed E-state index contributed by atoms with van der Waals surface area (Å²) in [5.41, 5.74) is 7.39. The molecular weight excluding hydrogens is 214 g/mol. The molecule has 1 rings (SSSR count). The van der Waals surface area contributed by atoms with E-state index >= 15 is 0 Å². The van der Waals surface area contributed by atoms with Crippen LogP contribution in [0.1, 0.15) is 12.5 Å². The number of nitrogens with two attached hydrogens (primary N) is 1. The number of anilines is 1. The molecule has 1 unspecified atom stereocenters. The lowest BCUT2D eigenvalue weighted by molar-refractivity contribution is 0.0000917. The first kappa shape index (κ1) is 12.3. The SMILES string of the molecule is COCC(C)OCc1cc(Cl)ccc1N. The fourth-order valence-corrected chi connectivity index (χ4v) is 1.41. The zero-order valence-electron chi connectivity index (χ0n) is 9.00. The highest BCUT2D eigenvalue weighted by Crippen LogP contribution is 2.19. The molecule has 15 heavy (non-hydrogen) atoms. The summed E-state index contributed by atoms with van der Waals surface area (Å²) in [5.74, 6) is 0. The van der Waals surface area contributed by atoms with E-state index in [-0.39, 0.29) is 6.10 Å². The third kappa shape index (κ3) is 4.08. The molecule has 0 heterocycles. The quantitative estimate of drug-likeness (QED) is 0.789. The van der Waals surface area contributed by atoms with Gasteiger partial charge < -0.3 is 15.2 Å². The maximum atomic E-state index is 5.86. The van der Waals surface area contributed by atoms with Gasteiger partial charge in [-0.05, 0) is 25.1 Å². The molecular formula is C11H16ClNO2. The minimum atomic E-state index is 0.0494. The van der Waals surface area contributed by atoms with E-state index in [0.717, 1.165) is 5.56 Å². The molecule has 0 spiro atoms. The monoisotopic (exact) mass is 229 g/mol. The fourth-order valence-electron chi connectivity index (χ4n) is 1.21. The van der Waals surface area contributed by atoms with E-state index in [4.69, 9.17) is 26.8 Å². The van der Waals surface area contributed by atoms with E-state index in [2.05, 4.69) is 0 Å². The molecule has 0 saturated carbocycles. The predicted molar refractivity (Wildman–Crippen MR) is 62.0 cm³/mol. The van der Waals surface area contributed by atoms with Crippen molar-refractivity contribution in [3.63, 3.8) is 0 Å². The van der Waals surface area contributed by atoms with Gasteiger partial charge in [0.05, 0.1) is 19.3 Å². The van der Waals surface area contributed by atoms with E-state index in [1.807, 2.05) is 13.0 Å². The predicted octanol–water partition coefficient (Wildman–Crippen LogP) is 2.47. The van der Waals surface area contributed by atoms with Gasteiger partial charge in [0.1, 0.15) is 0 Å². The van der Waals surface area contributed by atoms with Crippen molar-refractivity contribution >= 4 is 17.3 Å². The van der Waals surface area contributed by atoms with Crippen molar-refractivity contribution in [1.82, 2.24) is 0 Å². The zero-order chi connectivity index (χ0) is 11.3. The summed E-state index contributed by atoms with van der Waals surface area (Å²) in [6, 6.07) is 5.36. The van der Waals surface area contributed by atoms with Crippen LogP contribution >= 0.6 is 11.6 Å². The highest BCUT2D eigenvalue weighted by molar-refractivity contribution is 6.30. The number of benzene rings is 1. The van der Waals surface area contributed by atoms with Gasteiger partial charge in [-0.15, -0.1) is 0 Å². The van der Waals surface area contributed by atoms with Crippen molar-refractivity contribution in [3.8, 4) is 0 Å². The minimum absolute atomic E-state index is 0.0494. The first-order valence-corrected chi connectivity index (χ1v) is 5.15. The van der Waals surface area contributed by atoms with Crippen molar-refractivity contribution in [2.75, 3.05) is 19.5 Å². The van der Waals surface area contributed by atoms with Gasteiger partial charge in [-0.25, -0.2) is 0 Å². The third-order valence-corrected chi connectivity index (χ3v) is 2.26. The number of hydrogen-bond acceptors (Lipinski definition) is 3. The standard InChI is InChI=1S/C11H16ClNO2/c1-8(6-14-2)15-7-9-5-10(12)3-4-11(9)13/h3-5,8H,6-7,13H2,1-2H3. The molecule has 2 N–H and O–H groups in total. The fraction of sp³-hybridized carbons (Fsp3) is 0.455. The highest BCUT2D eigenvalue weighted by Gasteiger charge is 2.04. The molecule has 84 valence electrons. The smallest absolute Gasteiger partial charge is 0.0784 e. The Morgan fingerprint density at radius 3 is 2.87 bits per heavy atom. The van der Waals surface area contributed by atoms with E-state index in [1.54, 1.807) is 19.2 Å². The number of rotatable bonds is 5. The van der Waals surface area contributed by atoms with E-state index in [0.29, 0.717) is 23.9 Å². The average molecular weight is 230 g/mol. The Morgan fingerprint density at radius 2 is 2.20 bits per heavy atom. The van der Waals surface area contributed by atoms with Gasteiger partial charge in [-0.2, -0.15) is 0 Å². The topological polar surface area (TPSA) is 44.5 Å². The van der Waals surface area contributed by atoms with Crippen LogP contribution in [-0.2, 0) is 16.1 Å². The molecule has 0 aliphatic heterocycles. The van der Waals surface area contributed by atoms with Crippen molar-refractivity contribution in [2.45, 2.75) is 19.6 Å². The molecule has 3 nitrogen and oxygen atoms in total. The molecule has 0 aromatic heterocycles. The summed E-state index contributed by atoms with van der Waals surface area (Å²) >= 11 is 5.86. The summed E-state index contributed by atoms with van der Waals surface area (Å²) in [4.78, 5) is 0. The Bertz CT molecular complexity index is 317. The number of ether oxygens (including phenoxy) is 2. The summed E-state index contributed by atoms with van der Waals surface area (Å²) in [6.45, 7) is 2.97. The summed E-state index contributed by atoms with van der Waals surface area (Å²) in [7, 11) is 1.65. The van der Waals surface area contributed by atoms with Crippen LogP contribution in [0.25, 0.3) is 0 Å². The van der Waals surface area contributed by atoms with Gasteiger partial charge in [0, 0.05) is 23.4 Å². The second-order valence-corrected chi connectivity index (χ2v) is 3.86. The lowest BCUT2D eigenvalue weighted by Crippen LogP contribution is -2.14. The molecule has 1 aromatic carbocycles. The van der Waals surface area contributed by atoms with Crippen LogP contribution in [0, 0.1) is 0 Å². The number of methoxy groups -OCH3 is 1. The molecule has 0 bridgehead atoms. The molecule has 1 atom stereocenters. The van der Waals surface area contributed by atoms with Crippen molar-refractivity contribution in [2.24, 2.45) is 0 Å². The first-order chi connectivity index (χ1) is 7.13. The Hall–Kier alpha value is -0.770. The highest BCUT2D eigenvalue weighted by atomic mass is 35.5. The van der Waals surface area contributed by atoms with Crippen LogP contribution in [0.15, 0.2) is 18.2 Å². The molecule has 0 radical (unpaired) electrons. The van der Waals surface area contributed by atoms with Crippen molar-refractivity contribution < 1.29 is 9.47 Å². The van der Waals surface area contributed by atoms with Gasteiger partial charge in [-0.1, -0.05) is 11.6 Å². The third-order valence-electron chi connectivity index (χ3n) is 2.03. The van der Waals surface area contributed by atoms with Gasteiger partial charge in [0.2, 0.25) is 0 Å². The summed E-state index contributed by atoms with van der Waals surface area (Å²) < 4.78 is 10.5. The Balaban J connectivity index is 2.53. The molecule has 1 aromatic rings. The first-order valence-electron chi connectivity index (χ1n) is 4.78. The van der Waals surface area contributed by atoms with Gasteiger partial charge >= 0.3 is 0 Å². The Kier molecular flexibility index (Phi) is 4.88. The minimum Gasteiger partial charge on any atom is -0.398 e. The number of nitrogen functional groups attached to an aromatic ring is 1. The lowest BCUT2D eigenvalue weighted by atomic mass is 10.2. The largest absolute Gasteiger partial charge is 0.398 e. The van der Waals surface area contributed by atoms with Crippen LogP contribution in [0.4, 0.5) is 5.69 Å². The lowest BCUT2D eigenvalue weighted by Gasteiger charge is -2.13. The van der Waals surface area contributed by atoms with E-state index in [9.17, 15) is 0 Å². The maximum absolute atomic E-state index is 5.86. The number of hydrogen-bond donors (Lipinski definition) is 1. The molecule has 4 heteroatoms. The maximum Gasteiger partial charge on any atom is 0.0784 e. The van der Waals surface area contributed by atoms with Crippen molar-refractivity contribution in [3.05, 3.63) is 28.8 Å². The molecule has 0 fully saturated rings. The van der Waals surface area contributed by atoms with Gasteiger partial charge in [-0.3, -0.25) is 0 Å². The molecule has 0 amide bonds. The second-order valence-electron chi connectivity index (χ2n) is 3.42. The molecule has 0 aliphatic carbocycles. The van der Waals surface area contributed by atoms with E-state index < -0.39 is 0 Å².